The van der Waals surface area contributed by atoms with Crippen molar-refractivity contribution in [3.05, 3.63) is 59.5 Å². The Morgan fingerprint density at radius 1 is 1.24 bits per heavy atom. The number of nitrogens with zero attached hydrogens (tertiary/aromatic N) is 4. The Kier molecular flexibility index (Phi) is 6.45. The van der Waals surface area contributed by atoms with Gasteiger partial charge in [0.1, 0.15) is 6.07 Å². The van der Waals surface area contributed by atoms with Gasteiger partial charge in [-0.25, -0.2) is 0 Å². The molecule has 0 radical (unpaired) electrons. The van der Waals surface area contributed by atoms with Gasteiger partial charge in [-0.15, -0.1) is 0 Å². The minimum Gasteiger partial charge on any atom is -0.459 e. The molecule has 0 aliphatic carbocycles. The Labute approximate surface area is 191 Å². The van der Waals surface area contributed by atoms with E-state index >= 15 is 0 Å². The quantitative estimate of drug-likeness (QED) is 0.617. The van der Waals surface area contributed by atoms with Crippen LogP contribution < -0.4 is 10.2 Å². The molecule has 0 bridgehead atoms. The number of nitrogens with one attached hydrogen (secondary N) is 1. The third kappa shape index (κ3) is 4.75. The standard InChI is InChI=1S/C24H25N5O4/c1-26-21(30)17-7-5-16(6-8-17)15-28(2)23(31)18-9-11-29(12-10-18)24-19(14-25)27-22(33-24)20-4-3-13-32-20/h3-8,13,18H,9-12,15H2,1-2H3,(H,26,30). The lowest BCUT2D eigenvalue weighted by Gasteiger charge is -2.33. The fraction of sp³-hybridized carbons (Fsp3) is 0.333. The van der Waals surface area contributed by atoms with E-state index in [1.165, 1.54) is 6.26 Å². The summed E-state index contributed by atoms with van der Waals surface area (Å²) >= 11 is 0. The molecule has 3 heterocycles. The second-order valence-electron chi connectivity index (χ2n) is 7.99. The highest BCUT2D eigenvalue weighted by Crippen LogP contribution is 2.31. The molecule has 0 spiro atoms. The Morgan fingerprint density at radius 3 is 2.58 bits per heavy atom. The molecule has 1 aliphatic heterocycles. The summed E-state index contributed by atoms with van der Waals surface area (Å²) in [7, 11) is 3.39. The Hall–Kier alpha value is -4.06. The number of oxazole rings is 1. The second-order valence-corrected chi connectivity index (χ2v) is 7.99. The molecule has 170 valence electrons. The monoisotopic (exact) mass is 447 g/mol. The Morgan fingerprint density at radius 2 is 1.97 bits per heavy atom. The maximum absolute atomic E-state index is 13.0. The van der Waals surface area contributed by atoms with Gasteiger partial charge < -0.3 is 24.0 Å². The van der Waals surface area contributed by atoms with Crippen LogP contribution in [0.4, 0.5) is 5.88 Å². The molecule has 1 fully saturated rings. The van der Waals surface area contributed by atoms with Crippen LogP contribution in [0.15, 0.2) is 51.5 Å². The van der Waals surface area contributed by atoms with E-state index in [2.05, 4.69) is 16.4 Å². The van der Waals surface area contributed by atoms with Gasteiger partial charge in [0.05, 0.1) is 6.26 Å². The maximum Gasteiger partial charge on any atom is 0.266 e. The SMILES string of the molecule is CNC(=O)c1ccc(CN(C)C(=O)C2CCN(c3oc(-c4ccco4)nc3C#N)CC2)cc1. The number of hydrogen-bond donors (Lipinski definition) is 1. The van der Waals surface area contributed by atoms with E-state index in [0.717, 1.165) is 5.56 Å². The number of carbonyl (C=O) groups is 2. The van der Waals surface area contributed by atoms with E-state index in [1.807, 2.05) is 17.0 Å². The molecular weight excluding hydrogens is 422 g/mol. The van der Waals surface area contributed by atoms with E-state index in [4.69, 9.17) is 8.83 Å². The summed E-state index contributed by atoms with van der Waals surface area (Å²) < 4.78 is 11.1. The molecule has 2 amide bonds. The highest BCUT2D eigenvalue weighted by Gasteiger charge is 2.30. The molecule has 9 nitrogen and oxygen atoms in total. The largest absolute Gasteiger partial charge is 0.459 e. The fourth-order valence-electron chi connectivity index (χ4n) is 4.00. The summed E-state index contributed by atoms with van der Waals surface area (Å²) in [5.74, 6) is 0.994. The molecule has 1 N–H and O–H groups in total. The minimum absolute atomic E-state index is 0.0828. The van der Waals surface area contributed by atoms with E-state index in [0.29, 0.717) is 49.7 Å². The number of piperidine rings is 1. The fourth-order valence-corrected chi connectivity index (χ4v) is 4.00. The van der Waals surface area contributed by atoms with Crippen molar-refractivity contribution in [3.63, 3.8) is 0 Å². The molecular formula is C24H25N5O4. The second kappa shape index (κ2) is 9.61. The number of anilines is 1. The lowest BCUT2D eigenvalue weighted by molar-refractivity contribution is -0.135. The molecule has 0 saturated carbocycles. The summed E-state index contributed by atoms with van der Waals surface area (Å²) in [5, 5.41) is 12.1. The number of aromatic nitrogens is 1. The van der Waals surface area contributed by atoms with Gasteiger partial charge in [0, 0.05) is 45.2 Å². The molecule has 33 heavy (non-hydrogen) atoms. The van der Waals surface area contributed by atoms with Crippen LogP contribution in [0.1, 0.15) is 34.5 Å². The topological polar surface area (TPSA) is 116 Å². The molecule has 3 aromatic rings. The van der Waals surface area contributed by atoms with Gasteiger partial charge in [-0.1, -0.05) is 12.1 Å². The molecule has 0 unspecified atom stereocenters. The van der Waals surface area contributed by atoms with Crippen LogP contribution in [0.3, 0.4) is 0 Å². The molecule has 0 atom stereocenters. The first kappa shape index (κ1) is 22.1. The maximum atomic E-state index is 13.0. The van der Waals surface area contributed by atoms with Crippen molar-refractivity contribution in [2.24, 2.45) is 5.92 Å². The summed E-state index contributed by atoms with van der Waals surface area (Å²) in [6, 6.07) is 12.8. The van der Waals surface area contributed by atoms with Gasteiger partial charge in [-0.2, -0.15) is 10.2 Å². The predicted molar refractivity (Wildman–Crippen MR) is 120 cm³/mol. The first-order chi connectivity index (χ1) is 16.0. The third-order valence-electron chi connectivity index (χ3n) is 5.82. The van der Waals surface area contributed by atoms with Crippen molar-refractivity contribution >= 4 is 17.7 Å². The summed E-state index contributed by atoms with van der Waals surface area (Å²) in [6.45, 7) is 1.65. The van der Waals surface area contributed by atoms with Crippen molar-refractivity contribution in [1.29, 1.82) is 5.26 Å². The number of furan rings is 1. The normalized spacial score (nSPS) is 14.0. The van der Waals surface area contributed by atoms with Crippen LogP contribution in [0.2, 0.25) is 0 Å². The van der Waals surface area contributed by atoms with Crippen LogP contribution in [0.25, 0.3) is 11.7 Å². The predicted octanol–water partition coefficient (Wildman–Crippen LogP) is 3.04. The first-order valence-electron chi connectivity index (χ1n) is 10.8. The van der Waals surface area contributed by atoms with Crippen molar-refractivity contribution in [2.45, 2.75) is 19.4 Å². The lowest BCUT2D eigenvalue weighted by atomic mass is 9.95. The minimum atomic E-state index is -0.139. The molecule has 1 aromatic carbocycles. The van der Waals surface area contributed by atoms with Crippen molar-refractivity contribution in [1.82, 2.24) is 15.2 Å². The lowest BCUT2D eigenvalue weighted by Crippen LogP contribution is -2.41. The van der Waals surface area contributed by atoms with Gasteiger partial charge in [0.25, 0.3) is 11.8 Å². The van der Waals surface area contributed by atoms with Gasteiger partial charge in [-0.3, -0.25) is 9.59 Å². The average Bonchev–Trinajstić information content (AvgIpc) is 3.53. The zero-order valence-electron chi connectivity index (χ0n) is 18.6. The van der Waals surface area contributed by atoms with E-state index < -0.39 is 0 Å². The van der Waals surface area contributed by atoms with Gasteiger partial charge in [-0.05, 0) is 42.7 Å². The Bertz CT molecular complexity index is 1150. The summed E-state index contributed by atoms with van der Waals surface area (Å²) in [4.78, 5) is 32.6. The van der Waals surface area contributed by atoms with E-state index in [1.54, 1.807) is 43.3 Å². The van der Waals surface area contributed by atoms with Crippen LogP contribution in [-0.2, 0) is 11.3 Å². The zero-order chi connectivity index (χ0) is 23.4. The average molecular weight is 447 g/mol. The van der Waals surface area contributed by atoms with Crippen LogP contribution >= 0.6 is 0 Å². The highest BCUT2D eigenvalue weighted by molar-refractivity contribution is 5.93. The van der Waals surface area contributed by atoms with E-state index in [-0.39, 0.29) is 29.3 Å². The van der Waals surface area contributed by atoms with Gasteiger partial charge in [0.2, 0.25) is 17.5 Å². The number of nitriles is 1. The number of hydrogen-bond acceptors (Lipinski definition) is 7. The molecule has 1 saturated heterocycles. The Balaban J connectivity index is 1.35. The summed E-state index contributed by atoms with van der Waals surface area (Å²) in [5.41, 5.74) is 1.76. The molecule has 4 rings (SSSR count). The number of amides is 2. The highest BCUT2D eigenvalue weighted by atomic mass is 16.4. The number of carbonyl (C=O) groups excluding carboxylic acids is 2. The van der Waals surface area contributed by atoms with Crippen molar-refractivity contribution < 1.29 is 18.4 Å². The van der Waals surface area contributed by atoms with Gasteiger partial charge >= 0.3 is 0 Å². The molecule has 1 aliphatic rings. The zero-order valence-corrected chi connectivity index (χ0v) is 18.6. The smallest absolute Gasteiger partial charge is 0.266 e. The number of benzene rings is 1. The van der Waals surface area contributed by atoms with Crippen molar-refractivity contribution in [2.75, 3.05) is 32.1 Å². The van der Waals surface area contributed by atoms with Gasteiger partial charge in [0.15, 0.2) is 5.76 Å². The third-order valence-corrected chi connectivity index (χ3v) is 5.82. The first-order valence-corrected chi connectivity index (χ1v) is 10.8. The molecule has 2 aromatic heterocycles. The molecule has 9 heteroatoms. The van der Waals surface area contributed by atoms with Crippen LogP contribution in [-0.4, -0.2) is 48.9 Å². The number of rotatable bonds is 6. The van der Waals surface area contributed by atoms with Crippen molar-refractivity contribution in [3.8, 4) is 17.7 Å². The summed E-state index contributed by atoms with van der Waals surface area (Å²) in [6.07, 6.45) is 2.83. The van der Waals surface area contributed by atoms with Crippen LogP contribution in [0, 0.1) is 17.2 Å². The van der Waals surface area contributed by atoms with E-state index in [9.17, 15) is 14.9 Å². The van der Waals surface area contributed by atoms with Crippen LogP contribution in [0.5, 0.6) is 0 Å².